The number of ether oxygens (including phenoxy) is 1. The lowest BCUT2D eigenvalue weighted by Crippen LogP contribution is -2.34. The lowest BCUT2D eigenvalue weighted by molar-refractivity contribution is -0.0379. The maximum absolute atomic E-state index is 14.4. The molecule has 1 unspecified atom stereocenters. The summed E-state index contributed by atoms with van der Waals surface area (Å²) in [5.41, 5.74) is 0.0356. The van der Waals surface area contributed by atoms with Gasteiger partial charge in [-0.3, -0.25) is 4.79 Å². The van der Waals surface area contributed by atoms with Crippen molar-refractivity contribution in [2.75, 3.05) is 0 Å². The minimum Gasteiger partial charge on any atom is -0.438 e. The molecule has 1 fully saturated rings. The number of nitrogens with zero attached hydrogens (tertiary/aromatic N) is 3. The minimum absolute atomic E-state index is 0.114. The van der Waals surface area contributed by atoms with Crippen LogP contribution in [0, 0.1) is 17.2 Å². The van der Waals surface area contributed by atoms with Gasteiger partial charge in [-0.05, 0) is 31.9 Å². The summed E-state index contributed by atoms with van der Waals surface area (Å²) < 4.78 is 34.5. The molecule has 1 aromatic heterocycles. The van der Waals surface area contributed by atoms with Crippen molar-refractivity contribution in [1.82, 2.24) is 15.3 Å². The van der Waals surface area contributed by atoms with Gasteiger partial charge in [0, 0.05) is 17.7 Å². The summed E-state index contributed by atoms with van der Waals surface area (Å²) in [5, 5.41) is 11.4. The second kappa shape index (κ2) is 7.72. The summed E-state index contributed by atoms with van der Waals surface area (Å²) in [6, 6.07) is 9.61. The largest absolute Gasteiger partial charge is 0.438 e. The molecule has 144 valence electrons. The maximum atomic E-state index is 14.4. The molecular weight excluding hydrogens is 366 g/mol. The fourth-order valence-corrected chi connectivity index (χ4v) is 2.45. The molecule has 1 aliphatic carbocycles. The van der Waals surface area contributed by atoms with Crippen molar-refractivity contribution in [2.45, 2.75) is 31.7 Å². The number of aromatic nitrogens is 2. The van der Waals surface area contributed by atoms with Crippen LogP contribution in [0.1, 0.15) is 35.9 Å². The van der Waals surface area contributed by atoms with E-state index in [2.05, 4.69) is 21.9 Å². The number of alkyl halides is 2. The van der Waals surface area contributed by atoms with Gasteiger partial charge in [0.25, 0.3) is 5.91 Å². The van der Waals surface area contributed by atoms with Gasteiger partial charge >= 0.3 is 5.92 Å². The number of para-hydroxylation sites is 1. The van der Waals surface area contributed by atoms with E-state index in [4.69, 9.17) is 10.00 Å². The Morgan fingerprint density at radius 3 is 2.68 bits per heavy atom. The highest BCUT2D eigenvalue weighted by molar-refractivity contribution is 5.96. The number of nitriles is 1. The number of halogens is 2. The molecule has 1 amide bonds. The van der Waals surface area contributed by atoms with Crippen molar-refractivity contribution < 1.29 is 18.3 Å². The topological polar surface area (TPSA) is 87.9 Å². The van der Waals surface area contributed by atoms with E-state index in [0.717, 1.165) is 6.20 Å². The average Bonchev–Trinajstić information content (AvgIpc) is 3.53. The fraction of sp³-hybridized carbons (Fsp3) is 0.300. The Morgan fingerprint density at radius 1 is 1.39 bits per heavy atom. The van der Waals surface area contributed by atoms with Crippen LogP contribution in [0.3, 0.4) is 0 Å². The molecule has 0 aliphatic heterocycles. The molecule has 8 heteroatoms. The normalized spacial score (nSPS) is 14.6. The van der Waals surface area contributed by atoms with E-state index in [9.17, 15) is 13.6 Å². The standard InChI is InChI=1S/C20H18F2N4O2/c1-12(10-23)13(2)25-17(27)16-11-24-19(20(21,22)14-8-9-14)26-18(16)28-15-6-4-3-5-7-15/h3-7,11,13-14H,1,8-9H2,2H3,(H,25,27). The Kier molecular flexibility index (Phi) is 5.36. The van der Waals surface area contributed by atoms with Gasteiger partial charge in [-0.15, -0.1) is 0 Å². The lowest BCUT2D eigenvalue weighted by Gasteiger charge is -2.17. The summed E-state index contributed by atoms with van der Waals surface area (Å²) >= 11 is 0. The third kappa shape index (κ3) is 4.14. The number of amides is 1. The van der Waals surface area contributed by atoms with E-state index in [0.29, 0.717) is 18.6 Å². The molecule has 1 aromatic carbocycles. The summed E-state index contributed by atoms with van der Waals surface area (Å²) in [4.78, 5) is 20.2. The van der Waals surface area contributed by atoms with E-state index in [1.807, 2.05) is 6.07 Å². The van der Waals surface area contributed by atoms with Gasteiger partial charge in [-0.2, -0.15) is 19.0 Å². The van der Waals surface area contributed by atoms with Crippen LogP contribution in [0.5, 0.6) is 11.6 Å². The first-order chi connectivity index (χ1) is 13.3. The van der Waals surface area contributed by atoms with Crippen molar-refractivity contribution in [3.05, 3.63) is 60.1 Å². The van der Waals surface area contributed by atoms with Crippen LogP contribution in [-0.4, -0.2) is 21.9 Å². The van der Waals surface area contributed by atoms with Gasteiger partial charge in [-0.1, -0.05) is 24.8 Å². The predicted molar refractivity (Wildman–Crippen MR) is 96.8 cm³/mol. The van der Waals surface area contributed by atoms with Crippen LogP contribution in [0.25, 0.3) is 0 Å². The molecule has 28 heavy (non-hydrogen) atoms. The highest BCUT2D eigenvalue weighted by Gasteiger charge is 2.50. The van der Waals surface area contributed by atoms with Crippen LogP contribution < -0.4 is 10.1 Å². The molecule has 0 bridgehead atoms. The summed E-state index contributed by atoms with van der Waals surface area (Å²) in [7, 11) is 0. The predicted octanol–water partition coefficient (Wildman–Crippen LogP) is 3.97. The molecule has 1 atom stereocenters. The van der Waals surface area contributed by atoms with Crippen molar-refractivity contribution in [2.24, 2.45) is 5.92 Å². The summed E-state index contributed by atoms with van der Waals surface area (Å²) in [6.07, 6.45) is 1.83. The zero-order valence-corrected chi connectivity index (χ0v) is 15.2. The number of carbonyl (C=O) groups excluding carboxylic acids is 1. The van der Waals surface area contributed by atoms with E-state index in [1.54, 1.807) is 37.3 Å². The van der Waals surface area contributed by atoms with Gasteiger partial charge in [0.2, 0.25) is 11.7 Å². The van der Waals surface area contributed by atoms with E-state index < -0.39 is 29.6 Å². The van der Waals surface area contributed by atoms with E-state index >= 15 is 0 Å². The van der Waals surface area contributed by atoms with Gasteiger partial charge in [0.05, 0.1) is 12.1 Å². The van der Waals surface area contributed by atoms with E-state index in [-0.39, 0.29) is 17.0 Å². The first-order valence-electron chi connectivity index (χ1n) is 8.71. The van der Waals surface area contributed by atoms with Crippen molar-refractivity contribution in [1.29, 1.82) is 5.26 Å². The monoisotopic (exact) mass is 384 g/mol. The molecule has 3 rings (SSSR count). The molecule has 1 aliphatic rings. The number of hydrogen-bond donors (Lipinski definition) is 1. The molecule has 1 heterocycles. The second-order valence-corrected chi connectivity index (χ2v) is 6.56. The highest BCUT2D eigenvalue weighted by Crippen LogP contribution is 2.48. The third-order valence-corrected chi connectivity index (χ3v) is 4.36. The van der Waals surface area contributed by atoms with Crippen LogP contribution in [0.4, 0.5) is 8.78 Å². The van der Waals surface area contributed by atoms with Gasteiger partial charge in [0.15, 0.2) is 0 Å². The Hall–Kier alpha value is -3.34. The lowest BCUT2D eigenvalue weighted by atomic mass is 10.1. The number of carbonyl (C=O) groups is 1. The quantitative estimate of drug-likeness (QED) is 0.730. The summed E-state index contributed by atoms with van der Waals surface area (Å²) in [5.74, 6) is -5.25. The minimum atomic E-state index is -3.19. The van der Waals surface area contributed by atoms with E-state index in [1.165, 1.54) is 0 Å². The van der Waals surface area contributed by atoms with Crippen LogP contribution in [0.2, 0.25) is 0 Å². The fourth-order valence-electron chi connectivity index (χ4n) is 2.45. The molecule has 0 saturated heterocycles. The number of benzene rings is 1. The van der Waals surface area contributed by atoms with Crippen molar-refractivity contribution in [3.63, 3.8) is 0 Å². The Balaban J connectivity index is 1.95. The number of rotatable bonds is 7. The molecule has 0 spiro atoms. The molecule has 0 radical (unpaired) electrons. The van der Waals surface area contributed by atoms with Crippen LogP contribution >= 0.6 is 0 Å². The average molecular weight is 384 g/mol. The van der Waals surface area contributed by atoms with Gasteiger partial charge < -0.3 is 10.1 Å². The van der Waals surface area contributed by atoms with Crippen LogP contribution in [-0.2, 0) is 5.92 Å². The van der Waals surface area contributed by atoms with Crippen molar-refractivity contribution in [3.8, 4) is 17.7 Å². The number of nitrogens with one attached hydrogen (secondary N) is 1. The highest BCUT2D eigenvalue weighted by atomic mass is 19.3. The molecular formula is C20H18F2N4O2. The summed E-state index contributed by atoms with van der Waals surface area (Å²) in [6.45, 7) is 5.13. The first kappa shape index (κ1) is 19.4. The third-order valence-electron chi connectivity index (χ3n) is 4.36. The zero-order valence-electron chi connectivity index (χ0n) is 15.2. The maximum Gasteiger partial charge on any atom is 0.309 e. The Bertz CT molecular complexity index is 937. The molecule has 2 aromatic rings. The first-order valence-corrected chi connectivity index (χ1v) is 8.71. The van der Waals surface area contributed by atoms with Crippen LogP contribution in [0.15, 0.2) is 48.7 Å². The Morgan fingerprint density at radius 2 is 2.07 bits per heavy atom. The second-order valence-electron chi connectivity index (χ2n) is 6.56. The molecule has 1 N–H and O–H groups in total. The number of hydrogen-bond acceptors (Lipinski definition) is 5. The van der Waals surface area contributed by atoms with Crippen molar-refractivity contribution >= 4 is 5.91 Å². The zero-order chi connectivity index (χ0) is 20.3. The molecule has 6 nitrogen and oxygen atoms in total. The smallest absolute Gasteiger partial charge is 0.309 e. The van der Waals surface area contributed by atoms with Gasteiger partial charge in [-0.25, -0.2) is 4.98 Å². The van der Waals surface area contributed by atoms with Gasteiger partial charge in [0.1, 0.15) is 11.3 Å². The Labute approximate surface area is 160 Å². The molecule has 1 saturated carbocycles. The SMILES string of the molecule is C=C(C#N)C(C)NC(=O)c1cnc(C(F)(F)C2CC2)nc1Oc1ccccc1.